The van der Waals surface area contributed by atoms with Gasteiger partial charge in [0.05, 0.1) is 5.39 Å². The van der Waals surface area contributed by atoms with Crippen molar-refractivity contribution in [3.8, 4) is 0 Å². The minimum atomic E-state index is -0.100. The normalized spacial score (nSPS) is 12.2. The van der Waals surface area contributed by atoms with Crippen LogP contribution in [0.4, 0.5) is 0 Å². The average Bonchev–Trinajstić information content (AvgIpc) is 2.96. The largest absolute Gasteiger partial charge is 0.308 e. The van der Waals surface area contributed by atoms with Crippen molar-refractivity contribution in [1.29, 1.82) is 0 Å². The lowest BCUT2D eigenvalue weighted by molar-refractivity contribution is 0.604. The molecule has 3 aromatic rings. The van der Waals surface area contributed by atoms with E-state index in [4.69, 9.17) is 0 Å². The summed E-state index contributed by atoms with van der Waals surface area (Å²) < 4.78 is 1.63. The van der Waals surface area contributed by atoms with E-state index in [1.54, 1.807) is 22.3 Å². The number of hydrogen-bond acceptors (Lipinski definition) is 5. The van der Waals surface area contributed by atoms with Crippen LogP contribution >= 0.6 is 11.3 Å². The van der Waals surface area contributed by atoms with E-state index in [2.05, 4.69) is 40.8 Å². The first kappa shape index (κ1) is 13.0. The summed E-state index contributed by atoms with van der Waals surface area (Å²) in [6.07, 6.45) is 3.05. The lowest BCUT2D eigenvalue weighted by atomic mass is 9.94. The molecule has 0 atom stereocenters. The number of nitrogens with zero attached hydrogens (tertiary/aromatic N) is 4. The number of aromatic amines is 1. The third-order valence-corrected chi connectivity index (χ3v) is 4.42. The predicted octanol–water partition coefficient (Wildman–Crippen LogP) is 1.92. The van der Waals surface area contributed by atoms with Crippen LogP contribution in [0.3, 0.4) is 0 Å². The molecule has 0 aromatic carbocycles. The second kappa shape index (κ2) is 4.52. The molecule has 0 radical (unpaired) electrons. The monoisotopic (exact) mass is 289 g/mol. The quantitative estimate of drug-likeness (QED) is 0.782. The zero-order chi connectivity index (χ0) is 14.3. The van der Waals surface area contributed by atoms with Crippen molar-refractivity contribution in [2.24, 2.45) is 0 Å². The van der Waals surface area contributed by atoms with Crippen LogP contribution in [-0.4, -0.2) is 24.7 Å². The van der Waals surface area contributed by atoms with Gasteiger partial charge in [-0.25, -0.2) is 14.6 Å². The van der Waals surface area contributed by atoms with Gasteiger partial charge in [0.2, 0.25) is 0 Å². The Balaban J connectivity index is 2.07. The minimum Gasteiger partial charge on any atom is -0.308 e. The molecule has 7 heteroatoms. The summed E-state index contributed by atoms with van der Waals surface area (Å²) in [4.78, 5) is 25.3. The zero-order valence-electron chi connectivity index (χ0n) is 11.5. The first-order valence-corrected chi connectivity index (χ1v) is 7.11. The van der Waals surface area contributed by atoms with Crippen LogP contribution in [0.2, 0.25) is 0 Å². The Labute approximate surface area is 119 Å². The topological polar surface area (TPSA) is 76.5 Å². The number of nitrogens with one attached hydrogen (secondary N) is 1. The van der Waals surface area contributed by atoms with Crippen molar-refractivity contribution in [2.45, 2.75) is 32.7 Å². The number of thiophene rings is 1. The zero-order valence-corrected chi connectivity index (χ0v) is 12.4. The smallest absolute Gasteiger partial charge is 0.259 e. The van der Waals surface area contributed by atoms with Gasteiger partial charge in [0.1, 0.15) is 29.9 Å². The van der Waals surface area contributed by atoms with Gasteiger partial charge in [-0.3, -0.25) is 4.79 Å². The highest BCUT2D eigenvalue weighted by atomic mass is 32.1. The Kier molecular flexibility index (Phi) is 2.93. The predicted molar refractivity (Wildman–Crippen MR) is 78.1 cm³/mol. The molecule has 3 rings (SSSR count). The number of H-pyrrole nitrogens is 1. The maximum atomic E-state index is 12.1. The Morgan fingerprint density at radius 2 is 2.20 bits per heavy atom. The highest BCUT2D eigenvalue weighted by Crippen LogP contribution is 2.31. The van der Waals surface area contributed by atoms with E-state index < -0.39 is 0 Å². The van der Waals surface area contributed by atoms with Crippen molar-refractivity contribution in [2.75, 3.05) is 0 Å². The highest BCUT2D eigenvalue weighted by molar-refractivity contribution is 7.18. The third-order valence-electron chi connectivity index (χ3n) is 2.97. The molecule has 0 aliphatic rings. The number of fused-ring (bicyclic) bond motifs is 1. The molecule has 0 unspecified atom stereocenters. The van der Waals surface area contributed by atoms with E-state index in [0.29, 0.717) is 17.8 Å². The molecule has 0 bridgehead atoms. The van der Waals surface area contributed by atoms with Gasteiger partial charge in [0, 0.05) is 4.88 Å². The highest BCUT2D eigenvalue weighted by Gasteiger charge is 2.19. The van der Waals surface area contributed by atoms with Crippen LogP contribution in [-0.2, 0) is 12.0 Å². The van der Waals surface area contributed by atoms with E-state index in [-0.39, 0.29) is 11.0 Å². The molecule has 0 amide bonds. The van der Waals surface area contributed by atoms with Crippen molar-refractivity contribution in [3.05, 3.63) is 39.8 Å². The molecular weight excluding hydrogens is 274 g/mol. The number of hydrogen-bond donors (Lipinski definition) is 1. The van der Waals surface area contributed by atoms with E-state index in [9.17, 15) is 4.79 Å². The fourth-order valence-electron chi connectivity index (χ4n) is 1.89. The van der Waals surface area contributed by atoms with Gasteiger partial charge in [-0.05, 0) is 11.5 Å². The molecule has 0 spiro atoms. The van der Waals surface area contributed by atoms with Crippen molar-refractivity contribution >= 4 is 21.6 Å². The molecular formula is C13H15N5OS. The van der Waals surface area contributed by atoms with Crippen LogP contribution in [0.1, 0.15) is 31.5 Å². The van der Waals surface area contributed by atoms with Crippen LogP contribution in [0, 0.1) is 0 Å². The van der Waals surface area contributed by atoms with Crippen molar-refractivity contribution in [1.82, 2.24) is 24.7 Å². The molecule has 104 valence electrons. The Morgan fingerprint density at radius 1 is 1.40 bits per heavy atom. The maximum Gasteiger partial charge on any atom is 0.259 e. The Morgan fingerprint density at radius 3 is 2.85 bits per heavy atom. The van der Waals surface area contributed by atoms with E-state index in [1.165, 1.54) is 6.33 Å². The molecule has 0 saturated carbocycles. The molecule has 6 nitrogen and oxygen atoms in total. The number of aromatic nitrogens is 5. The van der Waals surface area contributed by atoms with Gasteiger partial charge in [-0.2, -0.15) is 5.10 Å². The molecule has 0 saturated heterocycles. The van der Waals surface area contributed by atoms with Gasteiger partial charge >= 0.3 is 0 Å². The second-order valence-electron chi connectivity index (χ2n) is 5.69. The maximum absolute atomic E-state index is 12.1. The standard InChI is InChI=1S/C13H15N5OS/c1-13(2,3)9-4-8-11(19)16-10(17-12(8)20-9)5-18-7-14-6-15-18/h4,6-7H,5H2,1-3H3,(H,16,17,19). The first-order chi connectivity index (χ1) is 9.43. The summed E-state index contributed by atoms with van der Waals surface area (Å²) in [6, 6.07) is 1.94. The van der Waals surface area contributed by atoms with Gasteiger partial charge < -0.3 is 4.98 Å². The lowest BCUT2D eigenvalue weighted by Crippen LogP contribution is -2.13. The summed E-state index contributed by atoms with van der Waals surface area (Å²) in [5, 5.41) is 4.67. The van der Waals surface area contributed by atoms with Crippen molar-refractivity contribution in [3.63, 3.8) is 0 Å². The van der Waals surface area contributed by atoms with E-state index in [1.807, 2.05) is 6.07 Å². The van der Waals surface area contributed by atoms with Crippen LogP contribution in [0.25, 0.3) is 10.2 Å². The molecule has 20 heavy (non-hydrogen) atoms. The van der Waals surface area contributed by atoms with Crippen LogP contribution < -0.4 is 5.56 Å². The lowest BCUT2D eigenvalue weighted by Gasteiger charge is -2.14. The summed E-state index contributed by atoms with van der Waals surface area (Å²) in [5.41, 5.74) is -0.0824. The summed E-state index contributed by atoms with van der Waals surface area (Å²) in [6.45, 7) is 6.79. The summed E-state index contributed by atoms with van der Waals surface area (Å²) in [5.74, 6) is 0.593. The summed E-state index contributed by atoms with van der Waals surface area (Å²) >= 11 is 1.57. The van der Waals surface area contributed by atoms with Gasteiger partial charge in [-0.15, -0.1) is 11.3 Å². The molecule has 3 heterocycles. The van der Waals surface area contributed by atoms with Gasteiger partial charge in [0.15, 0.2) is 0 Å². The van der Waals surface area contributed by atoms with Crippen molar-refractivity contribution < 1.29 is 0 Å². The Hall–Kier alpha value is -2.02. The van der Waals surface area contributed by atoms with E-state index in [0.717, 1.165) is 9.71 Å². The average molecular weight is 289 g/mol. The molecule has 0 aliphatic heterocycles. The summed E-state index contributed by atoms with van der Waals surface area (Å²) in [7, 11) is 0. The SMILES string of the molecule is CC(C)(C)c1cc2c(=O)[nH]c(Cn3cncn3)nc2s1. The Bertz CT molecular complexity index is 794. The van der Waals surface area contributed by atoms with Gasteiger partial charge in [-0.1, -0.05) is 20.8 Å². The van der Waals surface area contributed by atoms with Crippen LogP contribution in [0.15, 0.2) is 23.5 Å². The van der Waals surface area contributed by atoms with E-state index >= 15 is 0 Å². The minimum absolute atomic E-state index is 0.0177. The fraction of sp³-hybridized carbons (Fsp3) is 0.385. The molecule has 1 N–H and O–H groups in total. The first-order valence-electron chi connectivity index (χ1n) is 6.29. The van der Waals surface area contributed by atoms with Gasteiger partial charge in [0.25, 0.3) is 5.56 Å². The molecule has 0 fully saturated rings. The third kappa shape index (κ3) is 2.36. The van der Waals surface area contributed by atoms with Crippen LogP contribution in [0.5, 0.6) is 0 Å². The second-order valence-corrected chi connectivity index (χ2v) is 6.72. The molecule has 0 aliphatic carbocycles. The number of rotatable bonds is 2. The fourth-order valence-corrected chi connectivity index (χ4v) is 3.00. The molecule has 3 aromatic heterocycles.